The summed E-state index contributed by atoms with van der Waals surface area (Å²) >= 11 is 1.50. The number of benzene rings is 1. The monoisotopic (exact) mass is 289 g/mol. The Bertz CT molecular complexity index is 761. The average molecular weight is 289 g/mol. The number of thiophene rings is 1. The molecule has 3 aromatic rings. The molecule has 0 amide bonds. The van der Waals surface area contributed by atoms with E-state index in [-0.39, 0.29) is 5.82 Å². The van der Waals surface area contributed by atoms with E-state index in [1.165, 1.54) is 23.5 Å². The standard InChI is InChI=1S/C14H12FN3OS/c1-7-8(2)20-12(16)11(7)14-17-13(18-19-14)9-3-5-10(15)6-4-9/h3-6H,16H2,1-2H3. The van der Waals surface area contributed by atoms with Crippen molar-refractivity contribution in [2.24, 2.45) is 0 Å². The number of rotatable bonds is 2. The quantitative estimate of drug-likeness (QED) is 0.779. The van der Waals surface area contributed by atoms with Crippen molar-refractivity contribution in [3.05, 3.63) is 40.5 Å². The average Bonchev–Trinajstić information content (AvgIpc) is 2.97. The zero-order chi connectivity index (χ0) is 14.3. The third-order valence-electron chi connectivity index (χ3n) is 3.15. The second-order valence-corrected chi connectivity index (χ2v) is 5.71. The minimum absolute atomic E-state index is 0.300. The summed E-state index contributed by atoms with van der Waals surface area (Å²) in [7, 11) is 0. The lowest BCUT2D eigenvalue weighted by molar-refractivity contribution is 0.432. The Morgan fingerprint density at radius 3 is 2.50 bits per heavy atom. The van der Waals surface area contributed by atoms with Gasteiger partial charge in [-0.1, -0.05) is 5.16 Å². The lowest BCUT2D eigenvalue weighted by Gasteiger charge is -1.95. The Hall–Kier alpha value is -2.21. The van der Waals surface area contributed by atoms with Crippen LogP contribution in [0.15, 0.2) is 28.8 Å². The van der Waals surface area contributed by atoms with Crippen LogP contribution < -0.4 is 5.73 Å². The first kappa shape index (κ1) is 12.8. The molecule has 0 atom stereocenters. The normalized spacial score (nSPS) is 10.9. The molecule has 0 radical (unpaired) electrons. The molecule has 4 nitrogen and oxygen atoms in total. The molecule has 0 spiro atoms. The number of aromatic nitrogens is 2. The maximum Gasteiger partial charge on any atom is 0.261 e. The molecule has 3 rings (SSSR count). The topological polar surface area (TPSA) is 64.9 Å². The van der Waals surface area contributed by atoms with E-state index in [0.29, 0.717) is 22.3 Å². The van der Waals surface area contributed by atoms with Crippen molar-refractivity contribution in [3.63, 3.8) is 0 Å². The molecule has 0 aliphatic rings. The fraction of sp³-hybridized carbons (Fsp3) is 0.143. The van der Waals surface area contributed by atoms with Crippen LogP contribution in [0, 0.1) is 19.7 Å². The van der Waals surface area contributed by atoms with E-state index in [1.54, 1.807) is 12.1 Å². The molecular weight excluding hydrogens is 277 g/mol. The van der Waals surface area contributed by atoms with E-state index in [0.717, 1.165) is 16.0 Å². The number of nitrogens with zero attached hydrogens (tertiary/aromatic N) is 2. The highest BCUT2D eigenvalue weighted by Gasteiger charge is 2.18. The third-order valence-corrected chi connectivity index (χ3v) is 4.19. The first-order chi connectivity index (χ1) is 9.56. The van der Waals surface area contributed by atoms with Crippen molar-refractivity contribution in [2.45, 2.75) is 13.8 Å². The zero-order valence-corrected chi connectivity index (χ0v) is 11.8. The van der Waals surface area contributed by atoms with Gasteiger partial charge in [0.05, 0.1) is 10.6 Å². The largest absolute Gasteiger partial charge is 0.390 e. The highest BCUT2D eigenvalue weighted by atomic mass is 32.1. The van der Waals surface area contributed by atoms with Crippen LogP contribution in [0.3, 0.4) is 0 Å². The van der Waals surface area contributed by atoms with Gasteiger partial charge in [0.2, 0.25) is 5.82 Å². The first-order valence-corrected chi connectivity index (χ1v) is 6.83. The number of nitrogen functional groups attached to an aromatic ring is 1. The van der Waals surface area contributed by atoms with Gasteiger partial charge in [0.25, 0.3) is 5.89 Å². The summed E-state index contributed by atoms with van der Waals surface area (Å²) in [5.41, 5.74) is 8.51. The molecule has 0 fully saturated rings. The maximum atomic E-state index is 12.9. The van der Waals surface area contributed by atoms with Gasteiger partial charge < -0.3 is 10.3 Å². The second-order valence-electron chi connectivity index (χ2n) is 4.45. The summed E-state index contributed by atoms with van der Waals surface area (Å²) in [5, 5.41) is 4.59. The molecule has 1 aromatic carbocycles. The molecule has 6 heteroatoms. The number of nitrogens with two attached hydrogens (primary N) is 1. The Labute approximate surface area is 119 Å². The molecule has 20 heavy (non-hydrogen) atoms. The van der Waals surface area contributed by atoms with Crippen LogP contribution in [0.5, 0.6) is 0 Å². The summed E-state index contributed by atoms with van der Waals surface area (Å²) in [4.78, 5) is 5.47. The van der Waals surface area contributed by atoms with Crippen LogP contribution in [0.1, 0.15) is 10.4 Å². The van der Waals surface area contributed by atoms with Crippen molar-refractivity contribution in [1.82, 2.24) is 10.1 Å². The Morgan fingerprint density at radius 1 is 1.20 bits per heavy atom. The smallest absolute Gasteiger partial charge is 0.261 e. The van der Waals surface area contributed by atoms with Crippen LogP contribution in [-0.4, -0.2) is 10.1 Å². The predicted molar refractivity (Wildman–Crippen MR) is 76.9 cm³/mol. The number of hydrogen-bond acceptors (Lipinski definition) is 5. The fourth-order valence-corrected chi connectivity index (χ4v) is 2.89. The molecule has 0 aliphatic heterocycles. The summed E-state index contributed by atoms with van der Waals surface area (Å²) in [6.07, 6.45) is 0. The van der Waals surface area contributed by atoms with E-state index in [2.05, 4.69) is 10.1 Å². The van der Waals surface area contributed by atoms with Gasteiger partial charge >= 0.3 is 0 Å². The molecule has 2 heterocycles. The van der Waals surface area contributed by atoms with Gasteiger partial charge in [-0.2, -0.15) is 4.98 Å². The van der Waals surface area contributed by atoms with Gasteiger partial charge in [-0.15, -0.1) is 11.3 Å². The minimum atomic E-state index is -0.300. The van der Waals surface area contributed by atoms with E-state index >= 15 is 0 Å². The summed E-state index contributed by atoms with van der Waals surface area (Å²) < 4.78 is 18.2. The molecular formula is C14H12FN3OS. The highest BCUT2D eigenvalue weighted by molar-refractivity contribution is 7.16. The lowest BCUT2D eigenvalue weighted by atomic mass is 10.1. The molecule has 2 aromatic heterocycles. The van der Waals surface area contributed by atoms with Crippen LogP contribution >= 0.6 is 11.3 Å². The number of halogens is 1. The molecule has 102 valence electrons. The van der Waals surface area contributed by atoms with Crippen molar-refractivity contribution in [3.8, 4) is 22.8 Å². The van der Waals surface area contributed by atoms with Gasteiger partial charge in [-0.05, 0) is 43.7 Å². The number of hydrogen-bond donors (Lipinski definition) is 1. The molecule has 2 N–H and O–H groups in total. The maximum absolute atomic E-state index is 12.9. The van der Waals surface area contributed by atoms with Crippen molar-refractivity contribution >= 4 is 16.3 Å². The Balaban J connectivity index is 2.04. The molecule has 0 aliphatic carbocycles. The molecule has 0 saturated heterocycles. The van der Waals surface area contributed by atoms with Crippen molar-refractivity contribution in [2.75, 3.05) is 5.73 Å². The zero-order valence-electron chi connectivity index (χ0n) is 11.0. The number of aryl methyl sites for hydroxylation is 1. The summed E-state index contributed by atoms with van der Waals surface area (Å²) in [5.74, 6) is 0.511. The lowest BCUT2D eigenvalue weighted by Crippen LogP contribution is -1.87. The number of anilines is 1. The predicted octanol–water partition coefficient (Wildman–Crippen LogP) is 3.80. The first-order valence-electron chi connectivity index (χ1n) is 6.01. The second kappa shape index (κ2) is 4.72. The van der Waals surface area contributed by atoms with Crippen molar-refractivity contribution < 1.29 is 8.91 Å². The van der Waals surface area contributed by atoms with Gasteiger partial charge in [-0.3, -0.25) is 0 Å². The SMILES string of the molecule is Cc1sc(N)c(-c2nc(-c3ccc(F)cc3)no2)c1C. The molecule has 0 unspecified atom stereocenters. The summed E-state index contributed by atoms with van der Waals surface area (Å²) in [6.45, 7) is 3.97. The molecule has 0 saturated carbocycles. The fourth-order valence-electron chi connectivity index (χ4n) is 1.96. The van der Waals surface area contributed by atoms with Gasteiger partial charge in [0, 0.05) is 10.4 Å². The summed E-state index contributed by atoms with van der Waals surface area (Å²) in [6, 6.07) is 5.94. The van der Waals surface area contributed by atoms with E-state index in [4.69, 9.17) is 10.3 Å². The van der Waals surface area contributed by atoms with Crippen LogP contribution in [0.25, 0.3) is 22.8 Å². The van der Waals surface area contributed by atoms with Crippen LogP contribution in [-0.2, 0) is 0 Å². The minimum Gasteiger partial charge on any atom is -0.390 e. The molecule has 0 bridgehead atoms. The van der Waals surface area contributed by atoms with Gasteiger partial charge in [0.15, 0.2) is 0 Å². The highest BCUT2D eigenvalue weighted by Crippen LogP contribution is 2.37. The van der Waals surface area contributed by atoms with Gasteiger partial charge in [0.1, 0.15) is 5.82 Å². The van der Waals surface area contributed by atoms with Gasteiger partial charge in [-0.25, -0.2) is 4.39 Å². The van der Waals surface area contributed by atoms with Crippen molar-refractivity contribution in [1.29, 1.82) is 0 Å². The van der Waals surface area contributed by atoms with E-state index in [9.17, 15) is 4.39 Å². The van der Waals surface area contributed by atoms with Crippen LogP contribution in [0.4, 0.5) is 9.39 Å². The Morgan fingerprint density at radius 2 is 1.90 bits per heavy atom. The Kier molecular flexibility index (Phi) is 3.02. The van der Waals surface area contributed by atoms with E-state index in [1.807, 2.05) is 13.8 Å². The van der Waals surface area contributed by atoms with E-state index < -0.39 is 0 Å². The van der Waals surface area contributed by atoms with Crippen LogP contribution in [0.2, 0.25) is 0 Å². The third kappa shape index (κ3) is 2.08.